The molecule has 156 valence electrons. The molecule has 0 aliphatic carbocycles. The Kier molecular flexibility index (Phi) is 6.86. The van der Waals surface area contributed by atoms with Crippen molar-refractivity contribution in [2.45, 2.75) is 6.54 Å². The second-order valence-electron chi connectivity index (χ2n) is 6.94. The van der Waals surface area contributed by atoms with Crippen LogP contribution in [0.3, 0.4) is 0 Å². The Morgan fingerprint density at radius 1 is 1.00 bits per heavy atom. The lowest BCUT2D eigenvalue weighted by molar-refractivity contribution is 0.460. The molecular weight excluding hydrogens is 518 g/mol. The van der Waals surface area contributed by atoms with Crippen LogP contribution in [0.4, 0.5) is 27.5 Å². The van der Waals surface area contributed by atoms with Crippen LogP contribution in [0, 0.1) is 5.82 Å². The molecule has 0 bridgehead atoms. The summed E-state index contributed by atoms with van der Waals surface area (Å²) in [6.07, 6.45) is 1.56. The molecule has 1 aliphatic rings. The van der Waals surface area contributed by atoms with Crippen LogP contribution >= 0.6 is 34.5 Å². The van der Waals surface area contributed by atoms with Gasteiger partial charge in [-0.05, 0) is 42.0 Å². The molecule has 1 fully saturated rings. The van der Waals surface area contributed by atoms with Crippen LogP contribution in [0.1, 0.15) is 5.56 Å². The van der Waals surface area contributed by atoms with E-state index in [1.54, 1.807) is 18.3 Å². The van der Waals surface area contributed by atoms with E-state index in [4.69, 9.17) is 11.6 Å². The molecule has 2 N–H and O–H groups in total. The van der Waals surface area contributed by atoms with Crippen LogP contribution in [-0.4, -0.2) is 39.3 Å². The van der Waals surface area contributed by atoms with Crippen molar-refractivity contribution in [2.75, 3.05) is 41.7 Å². The zero-order valence-corrected chi connectivity index (χ0v) is 19.1. The summed E-state index contributed by atoms with van der Waals surface area (Å²) in [6.45, 7) is 4.66. The summed E-state index contributed by atoms with van der Waals surface area (Å²) in [4.78, 5) is 11.1. The Balaban J connectivity index is 1.39. The van der Waals surface area contributed by atoms with E-state index < -0.39 is 0 Å². The Hall–Kier alpha value is -2.17. The summed E-state index contributed by atoms with van der Waals surface area (Å²) >= 11 is 8.60. The van der Waals surface area contributed by atoms with E-state index >= 15 is 0 Å². The van der Waals surface area contributed by atoms with Crippen LogP contribution in [0.5, 0.6) is 0 Å². The number of hydrogen-bond donors (Lipinski definition) is 2. The molecule has 0 radical (unpaired) electrons. The highest BCUT2D eigenvalue weighted by Gasteiger charge is 2.15. The summed E-state index contributed by atoms with van der Waals surface area (Å²) in [5.74, 6) is 0.711. The molecular formula is C21H21ClFIN6. The Bertz CT molecular complexity index is 978. The maximum atomic E-state index is 13.0. The lowest BCUT2D eigenvalue weighted by Gasteiger charge is -2.33. The van der Waals surface area contributed by atoms with Gasteiger partial charge in [-0.25, -0.2) is 12.5 Å². The molecule has 6 nitrogen and oxygen atoms in total. The van der Waals surface area contributed by atoms with Crippen LogP contribution in [0.2, 0.25) is 5.02 Å². The lowest BCUT2D eigenvalue weighted by atomic mass is 10.2. The van der Waals surface area contributed by atoms with E-state index in [1.807, 2.05) is 12.1 Å². The first-order valence-corrected chi connectivity index (χ1v) is 10.9. The second-order valence-corrected chi connectivity index (χ2v) is 8.71. The maximum Gasteiger partial charge on any atom is 0.229 e. The van der Waals surface area contributed by atoms with Crippen molar-refractivity contribution in [3.8, 4) is 0 Å². The molecule has 4 rings (SSSR count). The third kappa shape index (κ3) is 5.50. The number of benzene rings is 2. The third-order valence-corrected chi connectivity index (χ3v) is 6.07. The minimum atomic E-state index is -0.261. The van der Waals surface area contributed by atoms with Gasteiger partial charge in [-0.2, -0.15) is 4.98 Å². The predicted molar refractivity (Wildman–Crippen MR) is 128 cm³/mol. The first-order valence-electron chi connectivity index (χ1n) is 9.60. The highest BCUT2D eigenvalue weighted by atomic mass is 127. The van der Waals surface area contributed by atoms with Gasteiger partial charge in [-0.15, -0.1) is 0 Å². The number of aromatic nitrogens is 2. The molecule has 2 aromatic carbocycles. The van der Waals surface area contributed by atoms with Crippen molar-refractivity contribution >= 4 is 57.6 Å². The van der Waals surface area contributed by atoms with Gasteiger partial charge in [0.2, 0.25) is 5.95 Å². The van der Waals surface area contributed by atoms with E-state index in [1.165, 1.54) is 17.8 Å². The average Bonchev–Trinajstić information content (AvgIpc) is 2.76. The molecule has 0 atom stereocenters. The largest absolute Gasteiger partial charge is 0.369 e. The predicted octanol–water partition coefficient (Wildman–Crippen LogP) is 5.10. The second kappa shape index (κ2) is 9.76. The SMILES string of the molecule is Fc1ccc(CNc2nc(Nc3ccc(N4CCN(I)CC4)cc3)ncc2Cl)cc1. The lowest BCUT2D eigenvalue weighted by Crippen LogP contribution is -2.42. The fraction of sp³-hybridized carbons (Fsp3) is 0.238. The number of halogens is 3. The van der Waals surface area contributed by atoms with E-state index in [2.05, 4.69) is 63.6 Å². The van der Waals surface area contributed by atoms with E-state index in [-0.39, 0.29) is 5.82 Å². The molecule has 0 spiro atoms. The number of rotatable bonds is 6. The minimum Gasteiger partial charge on any atom is -0.369 e. The molecule has 2 heterocycles. The first kappa shape index (κ1) is 21.1. The van der Waals surface area contributed by atoms with E-state index in [9.17, 15) is 4.39 Å². The third-order valence-electron chi connectivity index (χ3n) is 4.83. The van der Waals surface area contributed by atoms with Crippen LogP contribution in [0.25, 0.3) is 0 Å². The zero-order chi connectivity index (χ0) is 20.9. The van der Waals surface area contributed by atoms with Crippen molar-refractivity contribution in [2.24, 2.45) is 0 Å². The molecule has 9 heteroatoms. The average molecular weight is 539 g/mol. The molecule has 1 saturated heterocycles. The van der Waals surface area contributed by atoms with Gasteiger partial charge in [-0.1, -0.05) is 23.7 Å². The maximum absolute atomic E-state index is 13.0. The summed E-state index contributed by atoms with van der Waals surface area (Å²) < 4.78 is 15.4. The van der Waals surface area contributed by atoms with Gasteiger partial charge in [0, 0.05) is 67.0 Å². The molecule has 3 aromatic rings. The molecule has 0 saturated carbocycles. The van der Waals surface area contributed by atoms with Crippen molar-refractivity contribution in [3.05, 3.63) is 71.1 Å². The van der Waals surface area contributed by atoms with Crippen LogP contribution in [-0.2, 0) is 6.54 Å². The highest BCUT2D eigenvalue weighted by molar-refractivity contribution is 14.1. The quantitative estimate of drug-likeness (QED) is 0.337. The van der Waals surface area contributed by atoms with Crippen molar-refractivity contribution < 1.29 is 4.39 Å². The van der Waals surface area contributed by atoms with Gasteiger partial charge < -0.3 is 15.5 Å². The summed E-state index contributed by atoms with van der Waals surface area (Å²) in [6, 6.07) is 14.6. The summed E-state index contributed by atoms with van der Waals surface area (Å²) in [5.41, 5.74) is 3.04. The number of nitrogens with one attached hydrogen (secondary N) is 2. The fourth-order valence-corrected chi connectivity index (χ4v) is 3.75. The van der Waals surface area contributed by atoms with Gasteiger partial charge in [0.25, 0.3) is 0 Å². The number of piperazine rings is 1. The smallest absolute Gasteiger partial charge is 0.229 e. The first-order chi connectivity index (χ1) is 14.6. The highest BCUT2D eigenvalue weighted by Crippen LogP contribution is 2.24. The molecule has 0 amide bonds. The normalized spacial score (nSPS) is 14.6. The monoisotopic (exact) mass is 538 g/mol. The minimum absolute atomic E-state index is 0.261. The van der Waals surface area contributed by atoms with Crippen molar-refractivity contribution in [1.29, 1.82) is 0 Å². The van der Waals surface area contributed by atoms with Crippen molar-refractivity contribution in [3.63, 3.8) is 0 Å². The Morgan fingerprint density at radius 3 is 2.40 bits per heavy atom. The molecule has 1 aliphatic heterocycles. The molecule has 30 heavy (non-hydrogen) atoms. The number of hydrogen-bond acceptors (Lipinski definition) is 6. The van der Waals surface area contributed by atoms with Gasteiger partial charge in [-0.3, -0.25) is 0 Å². The van der Waals surface area contributed by atoms with Gasteiger partial charge in [0.1, 0.15) is 10.8 Å². The standard InChI is InChI=1S/C21H21ClFIN6/c22-19-14-26-21(28-20(19)25-13-15-1-3-16(23)4-2-15)27-17-5-7-18(8-6-17)29-9-11-30(24)12-10-29/h1-8,14H,9-13H2,(H2,25,26,27,28). The Labute approximate surface area is 194 Å². The molecule has 1 aromatic heterocycles. The summed E-state index contributed by atoms with van der Waals surface area (Å²) in [7, 11) is 0. The topological polar surface area (TPSA) is 56.3 Å². The van der Waals surface area contributed by atoms with Crippen molar-refractivity contribution in [1.82, 2.24) is 13.1 Å². The van der Waals surface area contributed by atoms with E-state index in [0.29, 0.717) is 23.3 Å². The zero-order valence-electron chi connectivity index (χ0n) is 16.2. The van der Waals surface area contributed by atoms with Gasteiger partial charge >= 0.3 is 0 Å². The van der Waals surface area contributed by atoms with Crippen LogP contribution < -0.4 is 15.5 Å². The number of anilines is 4. The number of nitrogens with zero attached hydrogens (tertiary/aromatic N) is 4. The van der Waals surface area contributed by atoms with Gasteiger partial charge in [0.15, 0.2) is 5.82 Å². The van der Waals surface area contributed by atoms with Gasteiger partial charge in [0.05, 0.1) is 6.20 Å². The van der Waals surface area contributed by atoms with E-state index in [0.717, 1.165) is 37.4 Å². The fourth-order valence-electron chi connectivity index (χ4n) is 3.16. The molecule has 0 unspecified atom stereocenters. The summed E-state index contributed by atoms with van der Waals surface area (Å²) in [5, 5.41) is 6.81. The Morgan fingerprint density at radius 2 is 1.70 bits per heavy atom. The van der Waals surface area contributed by atoms with Crippen LogP contribution in [0.15, 0.2) is 54.7 Å².